The van der Waals surface area contributed by atoms with Crippen molar-refractivity contribution >= 4 is 5.91 Å². The Balaban J connectivity index is 2.19. The van der Waals surface area contributed by atoms with Crippen LogP contribution >= 0.6 is 0 Å². The van der Waals surface area contributed by atoms with Crippen molar-refractivity contribution in [3.05, 3.63) is 12.7 Å². The summed E-state index contributed by atoms with van der Waals surface area (Å²) in [6, 6.07) is 1.58. The molecule has 110 valence electrons. The van der Waals surface area contributed by atoms with E-state index in [9.17, 15) is 10.1 Å². The first-order chi connectivity index (χ1) is 9.59. The van der Waals surface area contributed by atoms with E-state index >= 15 is 0 Å². The molecule has 1 amide bonds. The van der Waals surface area contributed by atoms with E-state index in [0.29, 0.717) is 6.42 Å². The monoisotopic (exact) mass is 275 g/mol. The molecule has 20 heavy (non-hydrogen) atoms. The third-order valence-electron chi connectivity index (χ3n) is 4.89. The first-order valence-electron chi connectivity index (χ1n) is 7.70. The van der Waals surface area contributed by atoms with Gasteiger partial charge in [-0.15, -0.1) is 6.58 Å². The van der Waals surface area contributed by atoms with Gasteiger partial charge in [0.25, 0.3) is 0 Å². The van der Waals surface area contributed by atoms with Crippen LogP contribution in [0.1, 0.15) is 51.9 Å². The summed E-state index contributed by atoms with van der Waals surface area (Å²) in [5, 5.41) is 9.29. The third kappa shape index (κ3) is 2.60. The largest absolute Gasteiger partial charge is 0.322 e. The minimum absolute atomic E-state index is 0.0531. The van der Waals surface area contributed by atoms with Crippen LogP contribution in [0, 0.1) is 16.7 Å². The van der Waals surface area contributed by atoms with Gasteiger partial charge in [-0.25, -0.2) is 0 Å². The lowest BCUT2D eigenvalue weighted by atomic mass is 9.78. The molecule has 4 heteroatoms. The van der Waals surface area contributed by atoms with Crippen molar-refractivity contribution in [2.24, 2.45) is 11.1 Å². The number of nitrogens with zero attached hydrogens (tertiary/aromatic N) is 2. The smallest absolute Gasteiger partial charge is 0.241 e. The minimum Gasteiger partial charge on any atom is -0.322 e. The quantitative estimate of drug-likeness (QED) is 0.756. The van der Waals surface area contributed by atoms with Gasteiger partial charge in [0, 0.05) is 11.5 Å². The van der Waals surface area contributed by atoms with Crippen LogP contribution in [0.5, 0.6) is 0 Å². The fourth-order valence-corrected chi connectivity index (χ4v) is 3.37. The van der Waals surface area contributed by atoms with E-state index in [1.165, 1.54) is 0 Å². The van der Waals surface area contributed by atoms with E-state index in [4.69, 9.17) is 5.73 Å². The second-order valence-electron chi connectivity index (χ2n) is 6.15. The highest BCUT2D eigenvalue weighted by Crippen LogP contribution is 2.43. The van der Waals surface area contributed by atoms with Crippen molar-refractivity contribution in [3.63, 3.8) is 0 Å². The highest BCUT2D eigenvalue weighted by molar-refractivity contribution is 5.84. The second kappa shape index (κ2) is 5.97. The van der Waals surface area contributed by atoms with Gasteiger partial charge in [0.2, 0.25) is 5.91 Å². The lowest BCUT2D eigenvalue weighted by molar-refractivity contribution is -0.137. The summed E-state index contributed by atoms with van der Waals surface area (Å²) in [5.74, 6) is -0.0531. The highest BCUT2D eigenvalue weighted by Gasteiger charge is 2.46. The van der Waals surface area contributed by atoms with E-state index < -0.39 is 6.04 Å². The molecule has 2 atom stereocenters. The normalized spacial score (nSPS) is 23.6. The van der Waals surface area contributed by atoms with Gasteiger partial charge < -0.3 is 10.6 Å². The number of amides is 1. The Labute approximate surface area is 121 Å². The average Bonchev–Trinajstić information content (AvgIpc) is 3.19. The third-order valence-corrected chi connectivity index (χ3v) is 4.89. The summed E-state index contributed by atoms with van der Waals surface area (Å²) in [5.41, 5.74) is 6.04. The van der Waals surface area contributed by atoms with Crippen LogP contribution in [0.2, 0.25) is 0 Å². The van der Waals surface area contributed by atoms with Gasteiger partial charge in [0.05, 0.1) is 12.1 Å². The number of hydrogen-bond acceptors (Lipinski definition) is 3. The Morgan fingerprint density at radius 1 is 1.55 bits per heavy atom. The van der Waals surface area contributed by atoms with Gasteiger partial charge >= 0.3 is 0 Å². The lowest BCUT2D eigenvalue weighted by Gasteiger charge is -2.36. The molecule has 2 aliphatic rings. The molecule has 2 rings (SSSR count). The van der Waals surface area contributed by atoms with Crippen molar-refractivity contribution in [1.29, 1.82) is 5.26 Å². The summed E-state index contributed by atoms with van der Waals surface area (Å²) in [6.45, 7) is 5.85. The maximum atomic E-state index is 12.8. The van der Waals surface area contributed by atoms with Gasteiger partial charge in [-0.3, -0.25) is 4.79 Å². The molecule has 0 spiro atoms. The number of rotatable bonds is 6. The maximum absolute atomic E-state index is 12.8. The van der Waals surface area contributed by atoms with Crippen molar-refractivity contribution in [3.8, 4) is 6.07 Å². The molecule has 0 heterocycles. The number of hydrogen-bond donors (Lipinski definition) is 1. The summed E-state index contributed by atoms with van der Waals surface area (Å²) in [4.78, 5) is 14.6. The summed E-state index contributed by atoms with van der Waals surface area (Å²) >= 11 is 0. The standard InChI is InChI=1S/C16H25N3O/c1-3-12(11-17)19(13-7-8-13)15(20)14(18)16(4-2)9-5-6-10-16/h4,12-14H,2-3,5-10,18H2,1H3. The predicted octanol–water partition coefficient (Wildman–Crippen LogP) is 2.35. The SMILES string of the molecule is C=CC1(C(N)C(=O)N(C(C#N)CC)C2CC2)CCCC1. The molecule has 2 unspecified atom stereocenters. The summed E-state index contributed by atoms with van der Waals surface area (Å²) in [7, 11) is 0. The van der Waals surface area contributed by atoms with Gasteiger partial charge in [-0.2, -0.15) is 5.26 Å². The molecule has 4 nitrogen and oxygen atoms in total. The fourth-order valence-electron chi connectivity index (χ4n) is 3.37. The first-order valence-corrected chi connectivity index (χ1v) is 7.70. The van der Waals surface area contributed by atoms with Gasteiger partial charge in [-0.05, 0) is 32.1 Å². The predicted molar refractivity (Wildman–Crippen MR) is 78.6 cm³/mol. The van der Waals surface area contributed by atoms with E-state index in [1.807, 2.05) is 13.0 Å². The first kappa shape index (κ1) is 15.1. The van der Waals surface area contributed by atoms with Crippen molar-refractivity contribution in [1.82, 2.24) is 4.90 Å². The molecular weight excluding hydrogens is 250 g/mol. The Hall–Kier alpha value is -1.34. The Morgan fingerprint density at radius 3 is 2.55 bits per heavy atom. The molecule has 2 N–H and O–H groups in total. The molecule has 0 aromatic heterocycles. The van der Waals surface area contributed by atoms with E-state index in [1.54, 1.807) is 4.90 Å². The molecule has 0 radical (unpaired) electrons. The number of nitriles is 1. The van der Waals surface area contributed by atoms with Crippen LogP contribution in [0.4, 0.5) is 0 Å². The minimum atomic E-state index is -0.550. The van der Waals surface area contributed by atoms with Crippen LogP contribution in [-0.2, 0) is 4.79 Å². The number of carbonyl (C=O) groups is 1. The molecule has 2 fully saturated rings. The van der Waals surface area contributed by atoms with Crippen molar-refractivity contribution in [2.45, 2.75) is 70.0 Å². The molecule has 2 saturated carbocycles. The van der Waals surface area contributed by atoms with Crippen LogP contribution in [0.3, 0.4) is 0 Å². The number of carbonyl (C=O) groups excluding carboxylic acids is 1. The topological polar surface area (TPSA) is 70.1 Å². The fraction of sp³-hybridized carbons (Fsp3) is 0.750. The molecule has 2 aliphatic carbocycles. The number of nitrogens with two attached hydrogens (primary N) is 1. The Bertz CT molecular complexity index is 416. The van der Waals surface area contributed by atoms with Gasteiger partial charge in [0.1, 0.15) is 6.04 Å². The van der Waals surface area contributed by atoms with Gasteiger partial charge in [0.15, 0.2) is 0 Å². The zero-order chi connectivity index (χ0) is 14.8. The van der Waals surface area contributed by atoms with Crippen LogP contribution in [-0.4, -0.2) is 28.9 Å². The van der Waals surface area contributed by atoms with E-state index in [2.05, 4.69) is 12.6 Å². The molecule has 0 aliphatic heterocycles. The molecule has 0 aromatic carbocycles. The second-order valence-corrected chi connectivity index (χ2v) is 6.15. The molecular formula is C16H25N3O. The molecule has 0 aromatic rings. The van der Waals surface area contributed by atoms with Gasteiger partial charge in [-0.1, -0.05) is 25.8 Å². The highest BCUT2D eigenvalue weighted by atomic mass is 16.2. The summed E-state index contributed by atoms with van der Waals surface area (Å²) in [6.07, 6.45) is 8.61. The van der Waals surface area contributed by atoms with E-state index in [-0.39, 0.29) is 23.4 Å². The zero-order valence-corrected chi connectivity index (χ0v) is 12.3. The average molecular weight is 275 g/mol. The van der Waals surface area contributed by atoms with E-state index in [0.717, 1.165) is 38.5 Å². The molecule has 0 bridgehead atoms. The van der Waals surface area contributed by atoms with Crippen LogP contribution in [0.15, 0.2) is 12.7 Å². The zero-order valence-electron chi connectivity index (χ0n) is 12.3. The van der Waals surface area contributed by atoms with Crippen molar-refractivity contribution < 1.29 is 4.79 Å². The Kier molecular flexibility index (Phi) is 4.49. The maximum Gasteiger partial charge on any atom is 0.241 e. The van der Waals surface area contributed by atoms with Crippen LogP contribution < -0.4 is 5.73 Å². The Morgan fingerprint density at radius 2 is 2.15 bits per heavy atom. The summed E-state index contributed by atoms with van der Waals surface area (Å²) < 4.78 is 0. The van der Waals surface area contributed by atoms with Crippen molar-refractivity contribution in [2.75, 3.05) is 0 Å². The van der Waals surface area contributed by atoms with Crippen LogP contribution in [0.25, 0.3) is 0 Å². The lowest BCUT2D eigenvalue weighted by Crippen LogP contribution is -2.55. The molecule has 0 saturated heterocycles.